The van der Waals surface area contributed by atoms with Crippen molar-refractivity contribution in [3.8, 4) is 17.6 Å². The lowest BCUT2D eigenvalue weighted by atomic mass is 10.0. The lowest BCUT2D eigenvalue weighted by Gasteiger charge is -2.16. The maximum atomic E-state index is 13.0. The first-order chi connectivity index (χ1) is 17.3. The number of halogens is 1. The van der Waals surface area contributed by atoms with E-state index in [9.17, 15) is 13.7 Å². The van der Waals surface area contributed by atoms with Crippen LogP contribution >= 0.6 is 11.6 Å². The number of nitriles is 1. The quantitative estimate of drug-likeness (QED) is 0.161. The van der Waals surface area contributed by atoms with E-state index >= 15 is 0 Å². The minimum atomic E-state index is -4.17. The van der Waals surface area contributed by atoms with Crippen molar-refractivity contribution in [1.82, 2.24) is 9.97 Å². The molecule has 0 saturated heterocycles. The number of rotatable bonds is 9. The number of hydrogen-bond acceptors (Lipinski definition) is 6. The molecule has 7 nitrogen and oxygen atoms in total. The predicted molar refractivity (Wildman–Crippen MR) is 140 cm³/mol. The van der Waals surface area contributed by atoms with Crippen LogP contribution in [-0.4, -0.2) is 25.0 Å². The number of allylic oxidation sites excluding steroid dienone is 2. The van der Waals surface area contributed by atoms with E-state index in [1.54, 1.807) is 31.2 Å². The minimum Gasteiger partial charge on any atom is -0.490 e. The second kappa shape index (κ2) is 10.7. The summed E-state index contributed by atoms with van der Waals surface area (Å²) in [6.07, 6.45) is 3.59. The smallest absolute Gasteiger partial charge is 0.339 e. The molecule has 1 N–H and O–H groups in total. The van der Waals surface area contributed by atoms with Crippen molar-refractivity contribution >= 4 is 44.4 Å². The fraction of sp³-hybridized carbons (Fsp3) is 0.111. The van der Waals surface area contributed by atoms with Gasteiger partial charge >= 0.3 is 10.1 Å². The van der Waals surface area contributed by atoms with Crippen LogP contribution in [-0.2, 0) is 16.5 Å². The summed E-state index contributed by atoms with van der Waals surface area (Å²) in [5, 5.41) is 10.2. The molecule has 0 aliphatic heterocycles. The molecule has 0 fully saturated rings. The second-order valence-electron chi connectivity index (χ2n) is 7.70. The van der Waals surface area contributed by atoms with Crippen LogP contribution in [0, 0.1) is 11.3 Å². The highest BCUT2D eigenvalue weighted by Gasteiger charge is 2.23. The number of benzene rings is 3. The lowest BCUT2D eigenvalue weighted by Crippen LogP contribution is -2.12. The summed E-state index contributed by atoms with van der Waals surface area (Å²) in [6, 6.07) is 18.7. The van der Waals surface area contributed by atoms with Gasteiger partial charge in [-0.15, -0.1) is 6.58 Å². The average Bonchev–Trinajstić information content (AvgIpc) is 3.29. The Bertz CT molecular complexity index is 1570. The van der Waals surface area contributed by atoms with Gasteiger partial charge in [0.2, 0.25) is 0 Å². The number of imidazole rings is 1. The molecule has 0 bridgehead atoms. The first-order valence-electron chi connectivity index (χ1n) is 11.0. The van der Waals surface area contributed by atoms with E-state index < -0.39 is 10.1 Å². The third kappa shape index (κ3) is 5.43. The van der Waals surface area contributed by atoms with Gasteiger partial charge in [-0.2, -0.15) is 13.7 Å². The van der Waals surface area contributed by atoms with Crippen LogP contribution in [0.1, 0.15) is 23.9 Å². The molecule has 9 heteroatoms. The Labute approximate surface area is 214 Å². The number of H-pyrrole nitrogens is 1. The zero-order valence-electron chi connectivity index (χ0n) is 19.4. The highest BCUT2D eigenvalue weighted by Crippen LogP contribution is 2.37. The standard InChI is InChI=1S/C27H22ClN3O4S/c1-3-7-19-14-18(15-20(17-29)27-30-23-8-5-6-9-24(23)31-27)16-25(34-4-2)26(19)35-36(32,33)22-12-10-21(28)11-13-22/h3,5-6,8-16H,1,4,7H2,2H3,(H,30,31)/b20-15+. The Kier molecular flexibility index (Phi) is 7.44. The molecule has 0 radical (unpaired) electrons. The zero-order chi connectivity index (χ0) is 25.7. The summed E-state index contributed by atoms with van der Waals surface area (Å²) < 4.78 is 37.3. The van der Waals surface area contributed by atoms with E-state index in [2.05, 4.69) is 22.6 Å². The van der Waals surface area contributed by atoms with Crippen molar-refractivity contribution in [2.45, 2.75) is 18.2 Å². The van der Waals surface area contributed by atoms with Gasteiger partial charge in [-0.25, -0.2) is 4.98 Å². The van der Waals surface area contributed by atoms with Gasteiger partial charge in [0.05, 0.1) is 23.2 Å². The lowest BCUT2D eigenvalue weighted by molar-refractivity contribution is 0.326. The summed E-state index contributed by atoms with van der Waals surface area (Å²) in [4.78, 5) is 7.60. The Morgan fingerprint density at radius 3 is 2.61 bits per heavy atom. The van der Waals surface area contributed by atoms with Crippen LogP contribution in [0.4, 0.5) is 0 Å². The number of ether oxygens (including phenoxy) is 1. The monoisotopic (exact) mass is 519 g/mol. The fourth-order valence-corrected chi connectivity index (χ4v) is 4.69. The summed E-state index contributed by atoms with van der Waals surface area (Å²) in [6.45, 7) is 5.82. The zero-order valence-corrected chi connectivity index (χ0v) is 20.9. The van der Waals surface area contributed by atoms with Gasteiger partial charge in [0.1, 0.15) is 16.8 Å². The molecule has 36 heavy (non-hydrogen) atoms. The van der Waals surface area contributed by atoms with Crippen LogP contribution < -0.4 is 8.92 Å². The van der Waals surface area contributed by atoms with E-state index in [1.165, 1.54) is 24.3 Å². The fourth-order valence-electron chi connectivity index (χ4n) is 3.59. The molecule has 3 aromatic carbocycles. The number of nitrogens with zero attached hydrogens (tertiary/aromatic N) is 2. The molecular weight excluding hydrogens is 498 g/mol. The molecule has 4 aromatic rings. The third-order valence-corrected chi connectivity index (χ3v) is 6.68. The van der Waals surface area contributed by atoms with Gasteiger partial charge in [-0.05, 0) is 73.5 Å². The molecule has 0 spiro atoms. The van der Waals surface area contributed by atoms with Crippen LogP contribution in [0.3, 0.4) is 0 Å². The Morgan fingerprint density at radius 2 is 1.94 bits per heavy atom. The van der Waals surface area contributed by atoms with Gasteiger partial charge < -0.3 is 13.9 Å². The molecular formula is C27H22ClN3O4S. The number of fused-ring (bicyclic) bond motifs is 1. The molecule has 0 aliphatic carbocycles. The number of aromatic amines is 1. The van der Waals surface area contributed by atoms with Crippen molar-refractivity contribution in [3.63, 3.8) is 0 Å². The Morgan fingerprint density at radius 1 is 1.19 bits per heavy atom. The van der Waals surface area contributed by atoms with Crippen molar-refractivity contribution in [2.24, 2.45) is 0 Å². The second-order valence-corrected chi connectivity index (χ2v) is 9.68. The Hall–Kier alpha value is -4.06. The normalized spacial score (nSPS) is 11.8. The summed E-state index contributed by atoms with van der Waals surface area (Å²) in [5.74, 6) is 0.709. The molecule has 4 rings (SSSR count). The number of hydrogen-bond donors (Lipinski definition) is 1. The summed E-state index contributed by atoms with van der Waals surface area (Å²) in [5.41, 5.74) is 3.00. The highest BCUT2D eigenvalue weighted by atomic mass is 35.5. The SMILES string of the molecule is C=CCc1cc(/C=C(\C#N)c2nc3ccccc3[nH]2)cc(OCC)c1OS(=O)(=O)c1ccc(Cl)cc1. The number of nitrogens with one attached hydrogen (secondary N) is 1. The van der Waals surface area contributed by atoms with E-state index in [4.69, 9.17) is 20.5 Å². The van der Waals surface area contributed by atoms with Gasteiger partial charge in [0.25, 0.3) is 0 Å². The first kappa shape index (κ1) is 25.0. The molecule has 0 amide bonds. The highest BCUT2D eigenvalue weighted by molar-refractivity contribution is 7.87. The van der Waals surface area contributed by atoms with Crippen molar-refractivity contribution in [1.29, 1.82) is 5.26 Å². The average molecular weight is 520 g/mol. The van der Waals surface area contributed by atoms with Gasteiger partial charge in [0.15, 0.2) is 11.5 Å². The Balaban J connectivity index is 1.79. The van der Waals surface area contributed by atoms with E-state index in [0.717, 1.165) is 11.0 Å². The largest absolute Gasteiger partial charge is 0.490 e. The van der Waals surface area contributed by atoms with E-state index in [-0.39, 0.29) is 23.0 Å². The van der Waals surface area contributed by atoms with Gasteiger partial charge in [0, 0.05) is 10.6 Å². The van der Waals surface area contributed by atoms with Crippen LogP contribution in [0.2, 0.25) is 5.02 Å². The van der Waals surface area contributed by atoms with Crippen LogP contribution in [0.15, 0.2) is 78.2 Å². The maximum absolute atomic E-state index is 13.0. The van der Waals surface area contributed by atoms with E-state index in [0.29, 0.717) is 34.0 Å². The third-order valence-electron chi connectivity index (χ3n) is 5.19. The number of para-hydroxylation sites is 2. The minimum absolute atomic E-state index is 0.0421. The van der Waals surface area contributed by atoms with Crippen molar-refractivity contribution in [2.75, 3.05) is 6.61 Å². The van der Waals surface area contributed by atoms with Crippen LogP contribution in [0.5, 0.6) is 11.5 Å². The molecule has 1 aromatic heterocycles. The van der Waals surface area contributed by atoms with Gasteiger partial charge in [-0.3, -0.25) is 0 Å². The number of aromatic nitrogens is 2. The molecule has 0 atom stereocenters. The van der Waals surface area contributed by atoms with E-state index in [1.807, 2.05) is 24.3 Å². The molecule has 182 valence electrons. The van der Waals surface area contributed by atoms with Gasteiger partial charge in [-0.1, -0.05) is 29.8 Å². The first-order valence-corrected chi connectivity index (χ1v) is 12.8. The summed E-state index contributed by atoms with van der Waals surface area (Å²) in [7, 11) is -4.17. The molecule has 1 heterocycles. The van der Waals surface area contributed by atoms with Crippen molar-refractivity contribution < 1.29 is 17.3 Å². The van der Waals surface area contributed by atoms with Crippen molar-refractivity contribution in [3.05, 3.63) is 95.3 Å². The maximum Gasteiger partial charge on any atom is 0.339 e. The topological polar surface area (TPSA) is 105 Å². The molecule has 0 aliphatic rings. The predicted octanol–water partition coefficient (Wildman–Crippen LogP) is 6.18. The summed E-state index contributed by atoms with van der Waals surface area (Å²) >= 11 is 5.89. The molecule has 0 unspecified atom stereocenters. The van der Waals surface area contributed by atoms with Crippen LogP contribution in [0.25, 0.3) is 22.7 Å². The molecule has 0 saturated carbocycles.